The van der Waals surface area contributed by atoms with Crippen LogP contribution in [0.15, 0.2) is 12.5 Å². The maximum Gasteiger partial charge on any atom is 0.115 e. The molecule has 0 radical (unpaired) electrons. The molecule has 0 amide bonds. The molecule has 0 aliphatic carbocycles. The van der Waals surface area contributed by atoms with E-state index in [4.69, 9.17) is 0 Å². The van der Waals surface area contributed by atoms with Gasteiger partial charge in [0, 0.05) is 12.6 Å². The van der Waals surface area contributed by atoms with Crippen molar-refractivity contribution in [2.24, 2.45) is 5.92 Å². The Morgan fingerprint density at radius 1 is 1.50 bits per heavy atom. The maximum atomic E-state index is 9.73. The van der Waals surface area contributed by atoms with Crippen LogP contribution in [0, 0.1) is 9.49 Å². The molecule has 0 aromatic carbocycles. The van der Waals surface area contributed by atoms with E-state index in [1.54, 1.807) is 6.20 Å². The van der Waals surface area contributed by atoms with Crippen LogP contribution in [0.2, 0.25) is 0 Å². The van der Waals surface area contributed by atoms with Crippen molar-refractivity contribution in [3.8, 4) is 0 Å². The fraction of sp³-hybridized carbons (Fsp3) is 0.600. The molecule has 0 fully saturated rings. The van der Waals surface area contributed by atoms with Gasteiger partial charge in [0.1, 0.15) is 6.33 Å². The highest BCUT2D eigenvalue weighted by Gasteiger charge is 2.10. The molecule has 0 spiro atoms. The normalized spacial score (nSPS) is 13.2. The Labute approximate surface area is 98.1 Å². The number of aliphatic hydroxyl groups is 1. The van der Waals surface area contributed by atoms with E-state index in [9.17, 15) is 5.11 Å². The van der Waals surface area contributed by atoms with Gasteiger partial charge in [-0.2, -0.15) is 0 Å². The molecule has 78 valence electrons. The van der Waals surface area contributed by atoms with Crippen molar-refractivity contribution in [3.05, 3.63) is 21.8 Å². The summed E-state index contributed by atoms with van der Waals surface area (Å²) in [5, 5.41) is 9.73. The lowest BCUT2D eigenvalue weighted by Gasteiger charge is -2.12. The number of nitrogens with zero attached hydrogens (tertiary/aromatic N) is 2. The molecule has 0 saturated heterocycles. The molecular weight excluding hydrogens is 291 g/mol. The van der Waals surface area contributed by atoms with Crippen LogP contribution in [0.4, 0.5) is 0 Å². The van der Waals surface area contributed by atoms with E-state index < -0.39 is 0 Å². The summed E-state index contributed by atoms with van der Waals surface area (Å²) in [6.07, 6.45) is 4.45. The lowest BCUT2D eigenvalue weighted by molar-refractivity contribution is 0.148. The van der Waals surface area contributed by atoms with Crippen LogP contribution >= 0.6 is 22.6 Å². The predicted molar refractivity (Wildman–Crippen MR) is 63.9 cm³/mol. The maximum absolute atomic E-state index is 9.73. The van der Waals surface area contributed by atoms with Crippen LogP contribution < -0.4 is 0 Å². The van der Waals surface area contributed by atoms with E-state index in [1.165, 1.54) is 6.33 Å². The summed E-state index contributed by atoms with van der Waals surface area (Å²) < 4.78 is 1.02. The van der Waals surface area contributed by atoms with Crippen molar-refractivity contribution in [3.63, 3.8) is 0 Å². The monoisotopic (exact) mass is 306 g/mol. The first-order valence-corrected chi connectivity index (χ1v) is 5.80. The highest BCUT2D eigenvalue weighted by molar-refractivity contribution is 14.1. The second-order valence-electron chi connectivity index (χ2n) is 3.80. The quantitative estimate of drug-likeness (QED) is 0.866. The van der Waals surface area contributed by atoms with Crippen LogP contribution in [0.5, 0.6) is 0 Å². The van der Waals surface area contributed by atoms with Gasteiger partial charge >= 0.3 is 0 Å². The van der Waals surface area contributed by atoms with Gasteiger partial charge in [-0.25, -0.2) is 9.97 Å². The summed E-state index contributed by atoms with van der Waals surface area (Å²) in [6, 6.07) is 0. The van der Waals surface area contributed by atoms with Crippen molar-refractivity contribution >= 4 is 22.6 Å². The molecule has 1 unspecified atom stereocenters. The molecular formula is C10H15IN2O. The van der Waals surface area contributed by atoms with Gasteiger partial charge in [-0.05, 0) is 34.9 Å². The van der Waals surface area contributed by atoms with Crippen LogP contribution in [0.1, 0.15) is 26.0 Å². The Bertz CT molecular complexity index is 291. The first-order valence-electron chi connectivity index (χ1n) is 4.72. The van der Waals surface area contributed by atoms with Crippen molar-refractivity contribution in [1.82, 2.24) is 9.97 Å². The lowest BCUT2D eigenvalue weighted by Crippen LogP contribution is -2.15. The summed E-state index contributed by atoms with van der Waals surface area (Å²) in [5.74, 6) is 0.518. The van der Waals surface area contributed by atoms with Crippen molar-refractivity contribution < 1.29 is 5.11 Å². The largest absolute Gasteiger partial charge is 0.393 e. The third-order valence-electron chi connectivity index (χ3n) is 1.92. The van der Waals surface area contributed by atoms with Gasteiger partial charge in [-0.1, -0.05) is 13.8 Å². The first-order chi connectivity index (χ1) is 6.59. The zero-order valence-corrected chi connectivity index (χ0v) is 10.6. The molecule has 0 bridgehead atoms. The van der Waals surface area contributed by atoms with E-state index >= 15 is 0 Å². The van der Waals surface area contributed by atoms with Crippen molar-refractivity contribution in [1.29, 1.82) is 0 Å². The smallest absolute Gasteiger partial charge is 0.115 e. The standard InChI is InChI=1S/C10H15IN2O/c1-7(2)3-8(14)4-10-9(11)5-12-6-13-10/h5-8,14H,3-4H2,1-2H3. The number of hydrogen-bond acceptors (Lipinski definition) is 3. The number of rotatable bonds is 4. The summed E-state index contributed by atoms with van der Waals surface area (Å²) in [4.78, 5) is 8.06. The summed E-state index contributed by atoms with van der Waals surface area (Å²) >= 11 is 2.19. The minimum Gasteiger partial charge on any atom is -0.393 e. The minimum absolute atomic E-state index is 0.293. The number of aromatic nitrogens is 2. The van der Waals surface area contributed by atoms with Gasteiger partial charge in [0.05, 0.1) is 15.4 Å². The van der Waals surface area contributed by atoms with Gasteiger partial charge in [-0.3, -0.25) is 0 Å². The molecule has 0 aliphatic rings. The summed E-state index contributed by atoms with van der Waals surface area (Å²) in [7, 11) is 0. The summed E-state index contributed by atoms with van der Waals surface area (Å²) in [5.41, 5.74) is 0.939. The van der Waals surface area contributed by atoms with Crippen molar-refractivity contribution in [2.75, 3.05) is 0 Å². The molecule has 1 heterocycles. The van der Waals surface area contributed by atoms with E-state index in [0.717, 1.165) is 15.7 Å². The molecule has 4 heteroatoms. The van der Waals surface area contributed by atoms with E-state index in [2.05, 4.69) is 46.4 Å². The zero-order chi connectivity index (χ0) is 10.6. The number of halogens is 1. The van der Waals surface area contributed by atoms with Gasteiger partial charge in [0.25, 0.3) is 0 Å². The van der Waals surface area contributed by atoms with E-state index in [0.29, 0.717) is 12.3 Å². The van der Waals surface area contributed by atoms with Crippen LogP contribution in [-0.4, -0.2) is 21.2 Å². The lowest BCUT2D eigenvalue weighted by atomic mass is 10.0. The third-order valence-corrected chi connectivity index (χ3v) is 2.82. The second kappa shape index (κ2) is 5.60. The highest BCUT2D eigenvalue weighted by atomic mass is 127. The van der Waals surface area contributed by atoms with Gasteiger partial charge in [0.2, 0.25) is 0 Å². The molecule has 0 saturated carbocycles. The molecule has 1 rings (SSSR count). The molecule has 1 aromatic heterocycles. The topological polar surface area (TPSA) is 46.0 Å². The SMILES string of the molecule is CC(C)CC(O)Cc1ncncc1I. The molecule has 1 aromatic rings. The minimum atomic E-state index is -0.293. The molecule has 14 heavy (non-hydrogen) atoms. The van der Waals surface area contributed by atoms with Crippen LogP contribution in [0.3, 0.4) is 0 Å². The Kier molecular flexibility index (Phi) is 4.74. The molecule has 1 atom stereocenters. The zero-order valence-electron chi connectivity index (χ0n) is 8.44. The predicted octanol–water partition coefficient (Wildman–Crippen LogP) is 2.03. The molecule has 3 nitrogen and oxygen atoms in total. The second-order valence-corrected chi connectivity index (χ2v) is 4.97. The molecule has 0 aliphatic heterocycles. The van der Waals surface area contributed by atoms with E-state index in [-0.39, 0.29) is 6.10 Å². The Morgan fingerprint density at radius 2 is 2.21 bits per heavy atom. The Morgan fingerprint density at radius 3 is 2.79 bits per heavy atom. The average Bonchev–Trinajstić information content (AvgIpc) is 2.07. The fourth-order valence-electron chi connectivity index (χ4n) is 1.34. The third kappa shape index (κ3) is 3.88. The number of aliphatic hydroxyl groups excluding tert-OH is 1. The van der Waals surface area contributed by atoms with Gasteiger partial charge in [-0.15, -0.1) is 0 Å². The molecule has 1 N–H and O–H groups in total. The summed E-state index contributed by atoms with van der Waals surface area (Å²) in [6.45, 7) is 4.21. The van der Waals surface area contributed by atoms with Gasteiger partial charge < -0.3 is 5.11 Å². The van der Waals surface area contributed by atoms with Crippen LogP contribution in [0.25, 0.3) is 0 Å². The Hall–Kier alpha value is -0.230. The number of hydrogen-bond donors (Lipinski definition) is 1. The van der Waals surface area contributed by atoms with Gasteiger partial charge in [0.15, 0.2) is 0 Å². The average molecular weight is 306 g/mol. The van der Waals surface area contributed by atoms with E-state index in [1.807, 2.05) is 0 Å². The first kappa shape index (κ1) is 11.8. The van der Waals surface area contributed by atoms with Crippen LogP contribution in [-0.2, 0) is 6.42 Å². The fourth-order valence-corrected chi connectivity index (χ4v) is 1.86. The highest BCUT2D eigenvalue weighted by Crippen LogP contribution is 2.13. The van der Waals surface area contributed by atoms with Crippen molar-refractivity contribution in [2.45, 2.75) is 32.8 Å². The Balaban J connectivity index is 2.56.